The summed E-state index contributed by atoms with van der Waals surface area (Å²) in [4.78, 5) is 28.5. The van der Waals surface area contributed by atoms with Gasteiger partial charge < -0.3 is 4.90 Å². The molecular formula is C27H32ClNO2. The Hall–Kier alpha value is -2.39. The van der Waals surface area contributed by atoms with Crippen LogP contribution in [0.5, 0.6) is 0 Å². The van der Waals surface area contributed by atoms with Crippen molar-refractivity contribution in [2.24, 2.45) is 5.41 Å². The number of piperidine rings is 1. The lowest BCUT2D eigenvalue weighted by atomic mass is 9.67. The fourth-order valence-electron chi connectivity index (χ4n) is 5.01. The van der Waals surface area contributed by atoms with Gasteiger partial charge in [-0.25, -0.2) is 0 Å². The molecule has 1 saturated heterocycles. The minimum atomic E-state index is -0.626. The number of amides is 1. The second kappa shape index (κ2) is 9.40. The van der Waals surface area contributed by atoms with Gasteiger partial charge in [0.15, 0.2) is 5.78 Å². The lowest BCUT2D eigenvalue weighted by Crippen LogP contribution is -2.57. The molecule has 0 radical (unpaired) electrons. The maximum Gasteiger partial charge on any atom is 0.229 e. The van der Waals surface area contributed by atoms with Crippen molar-refractivity contribution < 1.29 is 9.59 Å². The summed E-state index contributed by atoms with van der Waals surface area (Å²) in [5, 5.41) is 0.674. The summed E-state index contributed by atoms with van der Waals surface area (Å²) in [6.07, 6.45) is 3.62. The van der Waals surface area contributed by atoms with Crippen molar-refractivity contribution in [3.05, 3.63) is 82.9 Å². The fraction of sp³-hybridized carbons (Fsp3) is 0.407. The molecule has 0 bridgehead atoms. The van der Waals surface area contributed by atoms with Crippen LogP contribution in [0.15, 0.2) is 61.2 Å². The van der Waals surface area contributed by atoms with E-state index in [2.05, 4.69) is 36.9 Å². The highest BCUT2D eigenvalue weighted by molar-refractivity contribution is 6.30. The van der Waals surface area contributed by atoms with Crippen LogP contribution < -0.4 is 0 Å². The number of Topliss-reactive ketones (excluding diaryl/α,β-unsaturated/α-hetero) is 1. The van der Waals surface area contributed by atoms with Crippen LogP contribution in [0.4, 0.5) is 0 Å². The largest absolute Gasteiger partial charge is 0.325 e. The van der Waals surface area contributed by atoms with E-state index in [9.17, 15) is 9.59 Å². The summed E-state index contributed by atoms with van der Waals surface area (Å²) in [6, 6.07) is 15.5. The summed E-state index contributed by atoms with van der Waals surface area (Å²) in [7, 11) is 0. The van der Waals surface area contributed by atoms with Crippen LogP contribution >= 0.6 is 11.6 Å². The van der Waals surface area contributed by atoms with Gasteiger partial charge in [-0.15, -0.1) is 6.58 Å². The van der Waals surface area contributed by atoms with Crippen LogP contribution in [0.2, 0.25) is 5.02 Å². The van der Waals surface area contributed by atoms with Gasteiger partial charge in [0.2, 0.25) is 5.91 Å². The molecule has 0 N–H and O–H groups in total. The van der Waals surface area contributed by atoms with Crippen LogP contribution in [-0.4, -0.2) is 22.6 Å². The van der Waals surface area contributed by atoms with Gasteiger partial charge in [-0.05, 0) is 56.4 Å². The first-order valence-corrected chi connectivity index (χ1v) is 11.4. The maximum atomic E-state index is 13.9. The van der Waals surface area contributed by atoms with E-state index in [-0.39, 0.29) is 23.7 Å². The van der Waals surface area contributed by atoms with Gasteiger partial charge in [-0.2, -0.15) is 0 Å². The Kier molecular flexibility index (Phi) is 7.06. The van der Waals surface area contributed by atoms with E-state index >= 15 is 0 Å². The molecule has 1 amide bonds. The van der Waals surface area contributed by atoms with Gasteiger partial charge >= 0.3 is 0 Å². The highest BCUT2D eigenvalue weighted by Gasteiger charge is 2.51. The Morgan fingerprint density at radius 3 is 2.48 bits per heavy atom. The average Bonchev–Trinajstić information content (AvgIpc) is 2.72. The zero-order chi connectivity index (χ0) is 22.8. The number of rotatable bonds is 7. The number of nitrogens with zero attached hydrogens (tertiary/aromatic N) is 1. The van der Waals surface area contributed by atoms with Crippen molar-refractivity contribution in [1.29, 1.82) is 0 Å². The minimum absolute atomic E-state index is 0.0115. The Morgan fingerprint density at radius 1 is 1.26 bits per heavy atom. The van der Waals surface area contributed by atoms with Gasteiger partial charge in [-0.1, -0.05) is 73.5 Å². The number of allylic oxidation sites excluding steroid dienone is 1. The smallest absolute Gasteiger partial charge is 0.229 e. The quantitative estimate of drug-likeness (QED) is 0.454. The van der Waals surface area contributed by atoms with Crippen molar-refractivity contribution in [3.63, 3.8) is 0 Å². The van der Waals surface area contributed by atoms with E-state index in [1.807, 2.05) is 49.9 Å². The highest BCUT2D eigenvalue weighted by Crippen LogP contribution is 2.52. The monoisotopic (exact) mass is 437 g/mol. The molecule has 1 fully saturated rings. The summed E-state index contributed by atoms with van der Waals surface area (Å²) < 4.78 is 0. The lowest BCUT2D eigenvalue weighted by molar-refractivity contribution is -0.157. The zero-order valence-electron chi connectivity index (χ0n) is 18.9. The molecule has 2 aromatic rings. The van der Waals surface area contributed by atoms with Crippen molar-refractivity contribution in [2.75, 3.05) is 0 Å². The maximum absolute atomic E-state index is 13.9. The Labute approximate surface area is 191 Å². The fourth-order valence-corrected chi connectivity index (χ4v) is 5.21. The molecule has 0 aliphatic carbocycles. The van der Waals surface area contributed by atoms with Crippen LogP contribution in [-0.2, 0) is 9.59 Å². The second-order valence-electron chi connectivity index (χ2n) is 9.02. The van der Waals surface area contributed by atoms with E-state index < -0.39 is 11.5 Å². The van der Waals surface area contributed by atoms with E-state index in [1.165, 1.54) is 0 Å². The van der Waals surface area contributed by atoms with E-state index in [4.69, 9.17) is 11.6 Å². The molecule has 1 aliphatic rings. The third kappa shape index (κ3) is 4.62. The topological polar surface area (TPSA) is 37.4 Å². The summed E-state index contributed by atoms with van der Waals surface area (Å²) in [5.41, 5.74) is 2.67. The molecule has 3 nitrogen and oxygen atoms in total. The molecule has 0 saturated carbocycles. The van der Waals surface area contributed by atoms with Crippen molar-refractivity contribution in [2.45, 2.75) is 65.0 Å². The first kappa shape index (κ1) is 23.3. The second-order valence-corrected chi connectivity index (χ2v) is 9.46. The Bertz CT molecular complexity index is 967. The number of carbonyl (C=O) groups excluding carboxylic acids is 2. The van der Waals surface area contributed by atoms with Gasteiger partial charge in [0.1, 0.15) is 0 Å². The first-order chi connectivity index (χ1) is 14.7. The van der Waals surface area contributed by atoms with Crippen LogP contribution in [0.1, 0.15) is 68.7 Å². The standard InChI is InChI=1S/C27H32ClNO2/c1-6-15-27(5)17-23(21-9-8-10-22(28)16-21)25(20-13-11-18(3)12-14-20)29(26(27)31)24(7-2)19(4)30/h6,8-14,16,23-25H,1,7,15,17H2,2-5H3/t23-,24?,25?,27+/m1/s1. The molecule has 2 unspecified atom stereocenters. The van der Waals surface area contributed by atoms with Crippen molar-refractivity contribution in [1.82, 2.24) is 4.90 Å². The van der Waals surface area contributed by atoms with Crippen LogP contribution in [0.25, 0.3) is 0 Å². The summed E-state index contributed by atoms with van der Waals surface area (Å²) in [6.45, 7) is 11.5. The number of carbonyl (C=O) groups is 2. The van der Waals surface area contributed by atoms with Gasteiger partial charge in [0.25, 0.3) is 0 Å². The molecule has 0 spiro atoms. The van der Waals surface area contributed by atoms with E-state index in [1.54, 1.807) is 6.92 Å². The summed E-state index contributed by atoms with van der Waals surface area (Å²) in [5.74, 6) is 0.0522. The molecule has 1 heterocycles. The molecular weight excluding hydrogens is 406 g/mol. The molecule has 1 aliphatic heterocycles. The van der Waals surface area contributed by atoms with Gasteiger partial charge in [-0.3, -0.25) is 9.59 Å². The normalized spacial score (nSPS) is 24.7. The number of aryl methyl sites for hydroxylation is 1. The van der Waals surface area contributed by atoms with Crippen molar-refractivity contribution in [3.8, 4) is 0 Å². The number of benzene rings is 2. The molecule has 3 rings (SSSR count). The molecule has 2 aromatic carbocycles. The van der Waals surface area contributed by atoms with Gasteiger partial charge in [0, 0.05) is 10.9 Å². The number of hydrogen-bond donors (Lipinski definition) is 0. The molecule has 4 atom stereocenters. The molecule has 164 valence electrons. The Morgan fingerprint density at radius 2 is 1.94 bits per heavy atom. The number of hydrogen-bond acceptors (Lipinski definition) is 2. The predicted molar refractivity (Wildman–Crippen MR) is 127 cm³/mol. The highest BCUT2D eigenvalue weighted by atomic mass is 35.5. The van der Waals surface area contributed by atoms with E-state index in [0.29, 0.717) is 24.3 Å². The minimum Gasteiger partial charge on any atom is -0.325 e. The zero-order valence-corrected chi connectivity index (χ0v) is 19.7. The third-order valence-corrected chi connectivity index (χ3v) is 6.82. The summed E-state index contributed by atoms with van der Waals surface area (Å²) >= 11 is 6.37. The molecule has 4 heteroatoms. The SMILES string of the molecule is C=CC[C@@]1(C)C[C@H](c2cccc(Cl)c2)C(c2ccc(C)cc2)N(C(CC)C(C)=O)C1=O. The molecule has 31 heavy (non-hydrogen) atoms. The van der Waals surface area contributed by atoms with Crippen LogP contribution in [0, 0.1) is 12.3 Å². The molecule has 0 aromatic heterocycles. The average molecular weight is 438 g/mol. The predicted octanol–water partition coefficient (Wildman–Crippen LogP) is 6.66. The van der Waals surface area contributed by atoms with Crippen LogP contribution in [0.3, 0.4) is 0 Å². The third-order valence-electron chi connectivity index (χ3n) is 6.58. The van der Waals surface area contributed by atoms with Gasteiger partial charge in [0.05, 0.1) is 17.5 Å². The number of ketones is 1. The van der Waals surface area contributed by atoms with E-state index in [0.717, 1.165) is 16.7 Å². The first-order valence-electron chi connectivity index (χ1n) is 11.0. The number of halogens is 1. The lowest BCUT2D eigenvalue weighted by Gasteiger charge is -2.51. The van der Waals surface area contributed by atoms with Crippen molar-refractivity contribution >= 4 is 23.3 Å². The Balaban J connectivity index is 2.25. The number of likely N-dealkylation sites (tertiary alicyclic amines) is 1.